The Balaban J connectivity index is 1.77. The van der Waals surface area contributed by atoms with Gasteiger partial charge in [-0.2, -0.15) is 4.98 Å². The van der Waals surface area contributed by atoms with Crippen molar-refractivity contribution < 1.29 is 4.52 Å². The molecule has 0 saturated heterocycles. The summed E-state index contributed by atoms with van der Waals surface area (Å²) in [5.41, 5.74) is 0. The van der Waals surface area contributed by atoms with E-state index < -0.39 is 0 Å². The van der Waals surface area contributed by atoms with Crippen LogP contribution < -0.4 is 5.32 Å². The summed E-state index contributed by atoms with van der Waals surface area (Å²) in [6, 6.07) is 1.79. The first-order chi connectivity index (χ1) is 7.16. The summed E-state index contributed by atoms with van der Waals surface area (Å²) in [5.74, 6) is 0.667. The maximum Gasteiger partial charge on any atom is 0.321 e. The molecule has 84 valence electrons. The molecule has 1 aromatic rings. The molecule has 1 aromatic heterocycles. The topological polar surface area (TPSA) is 54.2 Å². The van der Waals surface area contributed by atoms with Gasteiger partial charge in [0.1, 0.15) is 0 Å². The van der Waals surface area contributed by atoms with Gasteiger partial charge in [-0.3, -0.25) is 4.90 Å². The number of hydrogen-bond donors (Lipinski definition) is 1. The minimum Gasteiger partial charge on any atom is -0.336 e. The third-order valence-corrected chi connectivity index (χ3v) is 2.89. The predicted octanol–water partition coefficient (Wildman–Crippen LogP) is 1.27. The van der Waals surface area contributed by atoms with Crippen molar-refractivity contribution in [3.8, 4) is 0 Å². The second kappa shape index (κ2) is 4.18. The molecule has 0 radical (unpaired) electrons. The molecule has 15 heavy (non-hydrogen) atoms. The van der Waals surface area contributed by atoms with Crippen molar-refractivity contribution in [2.45, 2.75) is 38.8 Å². The van der Waals surface area contributed by atoms with Crippen LogP contribution in [0.2, 0.25) is 0 Å². The van der Waals surface area contributed by atoms with E-state index in [2.05, 4.69) is 34.3 Å². The third kappa shape index (κ3) is 2.68. The Kier molecular flexibility index (Phi) is 2.90. The summed E-state index contributed by atoms with van der Waals surface area (Å²) in [5, 5.41) is 6.87. The average Bonchev–Trinajstić information content (AvgIpc) is 2.98. The largest absolute Gasteiger partial charge is 0.336 e. The van der Waals surface area contributed by atoms with Gasteiger partial charge in [0.05, 0.1) is 0 Å². The molecule has 1 aliphatic carbocycles. The van der Waals surface area contributed by atoms with Gasteiger partial charge in [0, 0.05) is 18.6 Å². The van der Waals surface area contributed by atoms with Crippen LogP contribution in [-0.2, 0) is 0 Å². The van der Waals surface area contributed by atoms with E-state index in [9.17, 15) is 0 Å². The zero-order valence-electron chi connectivity index (χ0n) is 9.53. The van der Waals surface area contributed by atoms with Crippen LogP contribution >= 0.6 is 0 Å². The number of hydrogen-bond acceptors (Lipinski definition) is 5. The molecule has 5 nitrogen and oxygen atoms in total. The summed E-state index contributed by atoms with van der Waals surface area (Å²) >= 11 is 0. The van der Waals surface area contributed by atoms with Crippen molar-refractivity contribution in [2.75, 3.05) is 18.9 Å². The Labute approximate surface area is 89.8 Å². The molecule has 1 saturated carbocycles. The zero-order chi connectivity index (χ0) is 10.8. The lowest BCUT2D eigenvalue weighted by Crippen LogP contribution is -2.36. The molecule has 1 aliphatic rings. The van der Waals surface area contributed by atoms with Crippen molar-refractivity contribution in [3.63, 3.8) is 0 Å². The first kappa shape index (κ1) is 10.4. The Morgan fingerprint density at radius 1 is 1.60 bits per heavy atom. The van der Waals surface area contributed by atoms with E-state index in [0.717, 1.165) is 12.6 Å². The molecule has 5 heteroatoms. The SMILES string of the molecule is Cc1noc(NCC(C)N(C)C2CC2)n1. The van der Waals surface area contributed by atoms with Gasteiger partial charge in [-0.1, -0.05) is 5.16 Å². The van der Waals surface area contributed by atoms with E-state index >= 15 is 0 Å². The molecule has 0 aliphatic heterocycles. The van der Waals surface area contributed by atoms with Gasteiger partial charge in [-0.05, 0) is 33.7 Å². The zero-order valence-corrected chi connectivity index (χ0v) is 9.53. The first-order valence-electron chi connectivity index (χ1n) is 5.43. The maximum absolute atomic E-state index is 4.98. The lowest BCUT2D eigenvalue weighted by molar-refractivity contribution is 0.255. The van der Waals surface area contributed by atoms with E-state index in [1.807, 2.05) is 6.92 Å². The summed E-state index contributed by atoms with van der Waals surface area (Å²) in [6.07, 6.45) is 2.67. The second-order valence-corrected chi connectivity index (χ2v) is 4.27. The summed E-state index contributed by atoms with van der Waals surface area (Å²) < 4.78 is 4.98. The summed E-state index contributed by atoms with van der Waals surface area (Å²) in [4.78, 5) is 6.49. The second-order valence-electron chi connectivity index (χ2n) is 4.27. The maximum atomic E-state index is 4.98. The fourth-order valence-electron chi connectivity index (χ4n) is 1.59. The highest BCUT2D eigenvalue weighted by Crippen LogP contribution is 2.26. The third-order valence-electron chi connectivity index (χ3n) is 2.89. The van der Waals surface area contributed by atoms with Gasteiger partial charge >= 0.3 is 6.01 Å². The minimum atomic E-state index is 0.490. The van der Waals surface area contributed by atoms with Crippen molar-refractivity contribution >= 4 is 6.01 Å². The summed E-state index contributed by atoms with van der Waals surface area (Å²) in [7, 11) is 2.17. The molecule has 1 atom stereocenters. The van der Waals surface area contributed by atoms with Crippen molar-refractivity contribution in [3.05, 3.63) is 5.82 Å². The lowest BCUT2D eigenvalue weighted by atomic mass is 10.3. The number of nitrogens with zero attached hydrogens (tertiary/aromatic N) is 3. The van der Waals surface area contributed by atoms with Crippen LogP contribution in [0.25, 0.3) is 0 Å². The Morgan fingerprint density at radius 3 is 2.87 bits per heavy atom. The predicted molar refractivity (Wildman–Crippen MR) is 57.8 cm³/mol. The molecule has 0 aromatic carbocycles. The molecular formula is C10H18N4O. The van der Waals surface area contributed by atoms with Crippen LogP contribution in [0, 0.1) is 6.92 Å². The van der Waals surface area contributed by atoms with Crippen molar-refractivity contribution in [1.82, 2.24) is 15.0 Å². The molecule has 2 rings (SSSR count). The van der Waals surface area contributed by atoms with Gasteiger partial charge in [-0.25, -0.2) is 0 Å². The smallest absolute Gasteiger partial charge is 0.321 e. The number of nitrogens with one attached hydrogen (secondary N) is 1. The van der Waals surface area contributed by atoms with Crippen LogP contribution in [0.3, 0.4) is 0 Å². The average molecular weight is 210 g/mol. The van der Waals surface area contributed by atoms with E-state index in [-0.39, 0.29) is 0 Å². The summed E-state index contributed by atoms with van der Waals surface area (Å²) in [6.45, 7) is 4.86. The lowest BCUT2D eigenvalue weighted by Gasteiger charge is -2.24. The Hall–Kier alpha value is -1.10. The highest BCUT2D eigenvalue weighted by atomic mass is 16.5. The molecule has 1 heterocycles. The number of aryl methyl sites for hydroxylation is 1. The minimum absolute atomic E-state index is 0.490. The van der Waals surface area contributed by atoms with E-state index in [1.165, 1.54) is 12.8 Å². The fraction of sp³-hybridized carbons (Fsp3) is 0.800. The Morgan fingerprint density at radius 2 is 2.33 bits per heavy atom. The van der Waals surface area contributed by atoms with Crippen LogP contribution in [-0.4, -0.2) is 40.7 Å². The quantitative estimate of drug-likeness (QED) is 0.793. The monoisotopic (exact) mass is 210 g/mol. The van der Waals surface area contributed by atoms with Gasteiger partial charge < -0.3 is 9.84 Å². The number of likely N-dealkylation sites (N-methyl/N-ethyl adjacent to an activating group) is 1. The Bertz CT molecular complexity index is 321. The first-order valence-corrected chi connectivity index (χ1v) is 5.43. The molecule has 0 spiro atoms. The number of aromatic nitrogens is 2. The van der Waals surface area contributed by atoms with Crippen LogP contribution in [0.15, 0.2) is 4.52 Å². The van der Waals surface area contributed by atoms with Crippen molar-refractivity contribution in [2.24, 2.45) is 0 Å². The molecule has 1 unspecified atom stereocenters. The fourth-order valence-corrected chi connectivity index (χ4v) is 1.59. The van der Waals surface area contributed by atoms with Gasteiger partial charge in [0.25, 0.3) is 0 Å². The van der Waals surface area contributed by atoms with Gasteiger partial charge in [-0.15, -0.1) is 0 Å². The van der Waals surface area contributed by atoms with Crippen LogP contribution in [0.4, 0.5) is 6.01 Å². The number of anilines is 1. The van der Waals surface area contributed by atoms with Gasteiger partial charge in [0.15, 0.2) is 5.82 Å². The van der Waals surface area contributed by atoms with Crippen LogP contribution in [0.1, 0.15) is 25.6 Å². The van der Waals surface area contributed by atoms with E-state index in [1.54, 1.807) is 0 Å². The highest BCUT2D eigenvalue weighted by Gasteiger charge is 2.28. The molecule has 1 fully saturated rings. The van der Waals surface area contributed by atoms with Gasteiger partial charge in [0.2, 0.25) is 0 Å². The molecular weight excluding hydrogens is 192 g/mol. The van der Waals surface area contributed by atoms with E-state index in [4.69, 9.17) is 4.52 Å². The van der Waals surface area contributed by atoms with E-state index in [0.29, 0.717) is 17.9 Å². The molecule has 0 bridgehead atoms. The molecule has 0 amide bonds. The van der Waals surface area contributed by atoms with Crippen LogP contribution in [0.5, 0.6) is 0 Å². The normalized spacial score (nSPS) is 18.1. The highest BCUT2D eigenvalue weighted by molar-refractivity contribution is 5.18. The number of rotatable bonds is 5. The standard InChI is InChI=1S/C10H18N4O/c1-7(14(3)9-4-5-9)6-11-10-12-8(2)13-15-10/h7,9H,4-6H2,1-3H3,(H,11,12,13). The molecule has 1 N–H and O–H groups in total. The van der Waals surface area contributed by atoms with Crippen molar-refractivity contribution in [1.29, 1.82) is 0 Å².